The van der Waals surface area contributed by atoms with Gasteiger partial charge in [0.05, 0.1) is 12.6 Å². The zero-order valence-corrected chi connectivity index (χ0v) is 8.73. The van der Waals surface area contributed by atoms with E-state index in [2.05, 4.69) is 5.32 Å². The maximum absolute atomic E-state index is 8.71. The number of benzene rings is 1. The molecular weight excluding hydrogens is 190 g/mol. The van der Waals surface area contributed by atoms with E-state index in [1.165, 1.54) is 0 Å². The molecule has 0 bridgehead atoms. The molecule has 2 aromatic rings. The number of rotatable bonds is 4. The Balaban J connectivity index is 2.20. The molecule has 1 aromatic carbocycles. The number of aliphatic hydroxyl groups is 1. The SMILES string of the molecule is C[C@@H](NCCO)c1cc2ccccc2o1. The molecule has 0 unspecified atom stereocenters. The smallest absolute Gasteiger partial charge is 0.134 e. The van der Waals surface area contributed by atoms with Crippen LogP contribution in [0.4, 0.5) is 0 Å². The van der Waals surface area contributed by atoms with Gasteiger partial charge in [0.15, 0.2) is 0 Å². The van der Waals surface area contributed by atoms with Crippen LogP contribution in [0, 0.1) is 0 Å². The largest absolute Gasteiger partial charge is 0.459 e. The minimum Gasteiger partial charge on any atom is -0.459 e. The van der Waals surface area contributed by atoms with Crippen molar-refractivity contribution in [2.45, 2.75) is 13.0 Å². The van der Waals surface area contributed by atoms with Gasteiger partial charge in [0.1, 0.15) is 11.3 Å². The summed E-state index contributed by atoms with van der Waals surface area (Å²) < 4.78 is 5.68. The highest BCUT2D eigenvalue weighted by Gasteiger charge is 2.09. The van der Waals surface area contributed by atoms with E-state index in [4.69, 9.17) is 9.52 Å². The van der Waals surface area contributed by atoms with E-state index >= 15 is 0 Å². The fourth-order valence-corrected chi connectivity index (χ4v) is 1.60. The molecule has 0 aliphatic heterocycles. The predicted molar refractivity (Wildman–Crippen MR) is 59.7 cm³/mol. The zero-order valence-electron chi connectivity index (χ0n) is 8.73. The van der Waals surface area contributed by atoms with Crippen LogP contribution in [-0.2, 0) is 0 Å². The summed E-state index contributed by atoms with van der Waals surface area (Å²) in [5, 5.41) is 13.0. The van der Waals surface area contributed by atoms with Gasteiger partial charge in [-0.05, 0) is 19.1 Å². The Labute approximate surface area is 88.7 Å². The molecule has 0 radical (unpaired) electrons. The minimum absolute atomic E-state index is 0.129. The van der Waals surface area contributed by atoms with E-state index in [1.807, 2.05) is 37.3 Å². The maximum atomic E-state index is 8.71. The highest BCUT2D eigenvalue weighted by Crippen LogP contribution is 2.23. The molecule has 15 heavy (non-hydrogen) atoms. The van der Waals surface area contributed by atoms with Crippen LogP contribution < -0.4 is 5.32 Å². The lowest BCUT2D eigenvalue weighted by Gasteiger charge is -2.08. The van der Waals surface area contributed by atoms with E-state index in [-0.39, 0.29) is 12.6 Å². The molecule has 1 aromatic heterocycles. The second-order valence-corrected chi connectivity index (χ2v) is 3.59. The normalized spacial score (nSPS) is 13.2. The molecule has 0 fully saturated rings. The van der Waals surface area contributed by atoms with E-state index in [0.717, 1.165) is 16.7 Å². The van der Waals surface area contributed by atoms with Crippen molar-refractivity contribution in [3.63, 3.8) is 0 Å². The molecule has 2 N–H and O–H groups in total. The summed E-state index contributed by atoms with van der Waals surface area (Å²) >= 11 is 0. The summed E-state index contributed by atoms with van der Waals surface area (Å²) in [5.74, 6) is 0.907. The molecule has 0 aliphatic rings. The first-order chi connectivity index (χ1) is 7.31. The standard InChI is InChI=1S/C12H15NO2/c1-9(13-6-7-14)12-8-10-4-2-3-5-11(10)15-12/h2-5,8-9,13-14H,6-7H2,1H3/t9-/m1/s1. The summed E-state index contributed by atoms with van der Waals surface area (Å²) in [6.07, 6.45) is 0. The Morgan fingerprint density at radius 2 is 2.20 bits per heavy atom. The third-order valence-electron chi connectivity index (χ3n) is 2.43. The van der Waals surface area contributed by atoms with E-state index in [1.54, 1.807) is 0 Å². The minimum atomic E-state index is 0.129. The first-order valence-electron chi connectivity index (χ1n) is 5.14. The fraction of sp³-hybridized carbons (Fsp3) is 0.333. The van der Waals surface area contributed by atoms with Gasteiger partial charge in [0, 0.05) is 11.9 Å². The van der Waals surface area contributed by atoms with Crippen LogP contribution in [-0.4, -0.2) is 18.3 Å². The average molecular weight is 205 g/mol. The summed E-state index contributed by atoms with van der Waals surface area (Å²) in [7, 11) is 0. The highest BCUT2D eigenvalue weighted by atomic mass is 16.3. The van der Waals surface area contributed by atoms with Crippen LogP contribution in [0.2, 0.25) is 0 Å². The second kappa shape index (κ2) is 4.47. The Morgan fingerprint density at radius 3 is 2.93 bits per heavy atom. The van der Waals surface area contributed by atoms with Crippen LogP contribution in [0.3, 0.4) is 0 Å². The van der Waals surface area contributed by atoms with Gasteiger partial charge < -0.3 is 14.8 Å². The Morgan fingerprint density at radius 1 is 1.40 bits per heavy atom. The van der Waals surface area contributed by atoms with Gasteiger partial charge in [-0.25, -0.2) is 0 Å². The quantitative estimate of drug-likeness (QED) is 0.803. The average Bonchev–Trinajstić information content (AvgIpc) is 2.69. The molecule has 0 aliphatic carbocycles. The lowest BCUT2D eigenvalue weighted by molar-refractivity contribution is 0.282. The monoisotopic (exact) mass is 205 g/mol. The topological polar surface area (TPSA) is 45.4 Å². The van der Waals surface area contributed by atoms with Crippen LogP contribution in [0.1, 0.15) is 18.7 Å². The molecule has 0 amide bonds. The van der Waals surface area contributed by atoms with Crippen LogP contribution >= 0.6 is 0 Å². The van der Waals surface area contributed by atoms with Crippen LogP contribution in [0.25, 0.3) is 11.0 Å². The van der Waals surface area contributed by atoms with Crippen molar-refractivity contribution < 1.29 is 9.52 Å². The van der Waals surface area contributed by atoms with Gasteiger partial charge in [-0.1, -0.05) is 18.2 Å². The number of hydrogen-bond acceptors (Lipinski definition) is 3. The van der Waals surface area contributed by atoms with Crippen molar-refractivity contribution in [1.29, 1.82) is 0 Å². The third-order valence-corrected chi connectivity index (χ3v) is 2.43. The molecule has 1 atom stereocenters. The molecule has 3 heteroatoms. The highest BCUT2D eigenvalue weighted by molar-refractivity contribution is 5.77. The Hall–Kier alpha value is -1.32. The second-order valence-electron chi connectivity index (χ2n) is 3.59. The lowest BCUT2D eigenvalue weighted by Crippen LogP contribution is -2.21. The number of hydrogen-bond donors (Lipinski definition) is 2. The van der Waals surface area contributed by atoms with Crippen molar-refractivity contribution in [2.75, 3.05) is 13.2 Å². The van der Waals surface area contributed by atoms with Crippen molar-refractivity contribution in [1.82, 2.24) is 5.32 Å². The van der Waals surface area contributed by atoms with Crippen LogP contribution in [0.15, 0.2) is 34.7 Å². The number of nitrogens with one attached hydrogen (secondary N) is 1. The van der Waals surface area contributed by atoms with Crippen molar-refractivity contribution in [3.8, 4) is 0 Å². The van der Waals surface area contributed by atoms with Crippen molar-refractivity contribution in [2.24, 2.45) is 0 Å². The van der Waals surface area contributed by atoms with Crippen LogP contribution in [0.5, 0.6) is 0 Å². The maximum Gasteiger partial charge on any atom is 0.134 e. The van der Waals surface area contributed by atoms with Gasteiger partial charge in [-0.3, -0.25) is 0 Å². The molecule has 0 saturated carbocycles. The number of para-hydroxylation sites is 1. The molecule has 1 heterocycles. The summed E-state index contributed by atoms with van der Waals surface area (Å²) in [5.41, 5.74) is 0.908. The fourth-order valence-electron chi connectivity index (χ4n) is 1.60. The number of furan rings is 1. The van der Waals surface area contributed by atoms with E-state index < -0.39 is 0 Å². The number of aliphatic hydroxyl groups excluding tert-OH is 1. The van der Waals surface area contributed by atoms with Gasteiger partial charge in [-0.2, -0.15) is 0 Å². The first kappa shape index (κ1) is 10.2. The molecule has 0 saturated heterocycles. The zero-order chi connectivity index (χ0) is 10.7. The Kier molecular flexibility index (Phi) is 3.04. The van der Waals surface area contributed by atoms with E-state index in [0.29, 0.717) is 6.54 Å². The summed E-state index contributed by atoms with van der Waals surface area (Å²) in [4.78, 5) is 0. The molecule has 0 spiro atoms. The van der Waals surface area contributed by atoms with Gasteiger partial charge in [0.2, 0.25) is 0 Å². The summed E-state index contributed by atoms with van der Waals surface area (Å²) in [6.45, 7) is 2.75. The lowest BCUT2D eigenvalue weighted by atomic mass is 10.2. The predicted octanol–water partition coefficient (Wildman–Crippen LogP) is 2.08. The Bertz CT molecular complexity index is 403. The van der Waals surface area contributed by atoms with Gasteiger partial charge >= 0.3 is 0 Å². The van der Waals surface area contributed by atoms with Gasteiger partial charge in [-0.15, -0.1) is 0 Å². The first-order valence-corrected chi connectivity index (χ1v) is 5.14. The third kappa shape index (κ3) is 2.19. The van der Waals surface area contributed by atoms with Gasteiger partial charge in [0.25, 0.3) is 0 Å². The molecule has 80 valence electrons. The molecule has 2 rings (SSSR count). The van der Waals surface area contributed by atoms with E-state index in [9.17, 15) is 0 Å². The summed E-state index contributed by atoms with van der Waals surface area (Å²) in [6, 6.07) is 10.1. The van der Waals surface area contributed by atoms with Crippen molar-refractivity contribution >= 4 is 11.0 Å². The van der Waals surface area contributed by atoms with Crippen molar-refractivity contribution in [3.05, 3.63) is 36.1 Å². The molecule has 3 nitrogen and oxygen atoms in total. The molecular formula is C12H15NO2. The number of fused-ring (bicyclic) bond motifs is 1.